The maximum absolute atomic E-state index is 6.41. The largest absolute Gasteiger partial charge is 0.488 e. The predicted octanol–water partition coefficient (Wildman–Crippen LogP) is 3.22. The molecule has 2 atom stereocenters. The molecule has 5 heterocycles. The number of ether oxygens (including phenoxy) is 1. The Morgan fingerprint density at radius 3 is 2.77 bits per heavy atom. The van der Waals surface area contributed by atoms with Gasteiger partial charge in [0.1, 0.15) is 23.9 Å². The number of aryl methyl sites for hydroxylation is 2. The molecule has 6 rings (SSSR count). The summed E-state index contributed by atoms with van der Waals surface area (Å²) in [5.74, 6) is 2.53. The highest BCUT2D eigenvalue weighted by Gasteiger charge is 2.34. The molecule has 2 aliphatic rings. The van der Waals surface area contributed by atoms with E-state index >= 15 is 0 Å². The van der Waals surface area contributed by atoms with Crippen molar-refractivity contribution in [2.45, 2.75) is 32.4 Å². The van der Waals surface area contributed by atoms with E-state index in [2.05, 4.69) is 31.7 Å². The number of imidazole rings is 1. The van der Waals surface area contributed by atoms with Crippen LogP contribution in [0.4, 0.5) is 5.95 Å². The molecule has 1 aromatic carbocycles. The molecule has 2 aliphatic heterocycles. The van der Waals surface area contributed by atoms with Crippen LogP contribution in [-0.4, -0.2) is 45.4 Å². The molecule has 0 spiro atoms. The molecule has 0 saturated carbocycles. The first-order valence-corrected chi connectivity index (χ1v) is 10.6. The smallest absolute Gasteiger partial charge is 0.207 e. The van der Waals surface area contributed by atoms with Crippen molar-refractivity contribution in [3.8, 4) is 16.9 Å². The SMILES string of the molecule is Cc1noc(C)c1-c1ccc2nc(N3CC[C@H](N)C3)n3c2c1OC[C@@H]3c1ccccn1. The lowest BCUT2D eigenvalue weighted by atomic mass is 10.0. The molecule has 4 aromatic rings. The van der Waals surface area contributed by atoms with Crippen LogP contribution in [0.15, 0.2) is 41.1 Å². The summed E-state index contributed by atoms with van der Waals surface area (Å²) in [5, 5.41) is 4.14. The van der Waals surface area contributed by atoms with Gasteiger partial charge in [-0.2, -0.15) is 0 Å². The van der Waals surface area contributed by atoms with Crippen LogP contribution < -0.4 is 15.4 Å². The van der Waals surface area contributed by atoms with Gasteiger partial charge in [0.05, 0.1) is 22.5 Å². The number of hydrogen-bond acceptors (Lipinski definition) is 7. The lowest BCUT2D eigenvalue weighted by molar-refractivity contribution is 0.258. The number of nitrogens with two attached hydrogens (primary N) is 1. The fourth-order valence-electron chi connectivity index (χ4n) is 4.87. The molecule has 8 nitrogen and oxygen atoms in total. The monoisotopic (exact) mass is 416 g/mol. The minimum atomic E-state index is -0.0644. The van der Waals surface area contributed by atoms with E-state index in [4.69, 9.17) is 20.0 Å². The molecule has 31 heavy (non-hydrogen) atoms. The molecule has 0 unspecified atom stereocenters. The Morgan fingerprint density at radius 2 is 2.06 bits per heavy atom. The molecule has 1 fully saturated rings. The average Bonchev–Trinajstić information content (AvgIpc) is 3.48. The lowest BCUT2D eigenvalue weighted by Crippen LogP contribution is -2.31. The van der Waals surface area contributed by atoms with Gasteiger partial charge >= 0.3 is 0 Å². The molecule has 2 N–H and O–H groups in total. The topological polar surface area (TPSA) is 95.2 Å². The number of aromatic nitrogens is 4. The van der Waals surface area contributed by atoms with Gasteiger partial charge in [-0.1, -0.05) is 11.2 Å². The van der Waals surface area contributed by atoms with Crippen molar-refractivity contribution in [1.82, 2.24) is 19.7 Å². The summed E-state index contributed by atoms with van der Waals surface area (Å²) < 4.78 is 14.1. The predicted molar refractivity (Wildman–Crippen MR) is 117 cm³/mol. The number of rotatable bonds is 3. The summed E-state index contributed by atoms with van der Waals surface area (Å²) in [4.78, 5) is 11.9. The summed E-state index contributed by atoms with van der Waals surface area (Å²) in [6.07, 6.45) is 2.79. The highest BCUT2D eigenvalue weighted by atomic mass is 16.5. The van der Waals surface area contributed by atoms with Crippen molar-refractivity contribution in [3.05, 3.63) is 53.7 Å². The number of nitrogens with zero attached hydrogens (tertiary/aromatic N) is 5. The van der Waals surface area contributed by atoms with Gasteiger partial charge in [0, 0.05) is 30.9 Å². The van der Waals surface area contributed by atoms with E-state index < -0.39 is 0 Å². The Kier molecular flexibility index (Phi) is 4.04. The molecule has 0 bridgehead atoms. The van der Waals surface area contributed by atoms with E-state index in [1.165, 1.54) is 0 Å². The van der Waals surface area contributed by atoms with E-state index in [1.54, 1.807) is 0 Å². The van der Waals surface area contributed by atoms with Gasteiger partial charge in [0.15, 0.2) is 5.75 Å². The van der Waals surface area contributed by atoms with Crippen molar-refractivity contribution >= 4 is 17.0 Å². The van der Waals surface area contributed by atoms with Crippen molar-refractivity contribution in [2.75, 3.05) is 24.6 Å². The van der Waals surface area contributed by atoms with E-state index in [9.17, 15) is 0 Å². The second kappa shape index (κ2) is 6.81. The minimum absolute atomic E-state index is 0.0644. The highest BCUT2D eigenvalue weighted by molar-refractivity contribution is 5.94. The van der Waals surface area contributed by atoms with Crippen LogP contribution in [0, 0.1) is 13.8 Å². The van der Waals surface area contributed by atoms with Crippen LogP contribution in [0.3, 0.4) is 0 Å². The van der Waals surface area contributed by atoms with Crippen LogP contribution in [0.25, 0.3) is 22.2 Å². The number of anilines is 1. The maximum Gasteiger partial charge on any atom is 0.207 e. The van der Waals surface area contributed by atoms with Crippen molar-refractivity contribution < 1.29 is 9.26 Å². The molecule has 158 valence electrons. The van der Waals surface area contributed by atoms with Crippen LogP contribution in [0.1, 0.15) is 29.6 Å². The Bertz CT molecular complexity index is 1260. The Balaban J connectivity index is 1.62. The average molecular weight is 416 g/mol. The van der Waals surface area contributed by atoms with Crippen molar-refractivity contribution in [1.29, 1.82) is 0 Å². The van der Waals surface area contributed by atoms with Crippen LogP contribution in [0.2, 0.25) is 0 Å². The molecule has 3 aromatic heterocycles. The third-order valence-electron chi connectivity index (χ3n) is 6.32. The Hall–Kier alpha value is -3.39. The van der Waals surface area contributed by atoms with Gasteiger partial charge in [0.2, 0.25) is 5.95 Å². The van der Waals surface area contributed by atoms with Crippen LogP contribution in [-0.2, 0) is 0 Å². The summed E-state index contributed by atoms with van der Waals surface area (Å²) in [6.45, 7) is 6.05. The van der Waals surface area contributed by atoms with E-state index in [0.29, 0.717) is 6.61 Å². The number of pyridine rings is 1. The first kappa shape index (κ1) is 18.4. The normalized spacial score (nSPS) is 20.4. The third kappa shape index (κ3) is 2.75. The molecule has 1 saturated heterocycles. The van der Waals surface area contributed by atoms with E-state index in [1.807, 2.05) is 38.2 Å². The zero-order valence-electron chi connectivity index (χ0n) is 17.6. The van der Waals surface area contributed by atoms with Gasteiger partial charge < -0.3 is 19.9 Å². The molecular weight excluding hydrogens is 392 g/mol. The van der Waals surface area contributed by atoms with Gasteiger partial charge in [-0.3, -0.25) is 9.55 Å². The summed E-state index contributed by atoms with van der Waals surface area (Å²) in [6, 6.07) is 10.2. The fourth-order valence-corrected chi connectivity index (χ4v) is 4.87. The molecule has 0 aliphatic carbocycles. The zero-order chi connectivity index (χ0) is 21.1. The summed E-state index contributed by atoms with van der Waals surface area (Å²) >= 11 is 0. The Labute approximate surface area is 179 Å². The first-order chi connectivity index (χ1) is 15.1. The third-order valence-corrected chi connectivity index (χ3v) is 6.32. The first-order valence-electron chi connectivity index (χ1n) is 10.6. The van der Waals surface area contributed by atoms with Gasteiger partial charge in [0.25, 0.3) is 0 Å². The second-order valence-corrected chi connectivity index (χ2v) is 8.37. The van der Waals surface area contributed by atoms with Crippen molar-refractivity contribution in [2.24, 2.45) is 5.73 Å². The molecular formula is C23H24N6O2. The quantitative estimate of drug-likeness (QED) is 0.548. The second-order valence-electron chi connectivity index (χ2n) is 8.37. The number of hydrogen-bond donors (Lipinski definition) is 1. The maximum atomic E-state index is 6.41. The van der Waals surface area contributed by atoms with E-state index in [-0.39, 0.29) is 12.1 Å². The molecule has 8 heteroatoms. The lowest BCUT2D eigenvalue weighted by Gasteiger charge is -2.30. The fraction of sp³-hybridized carbons (Fsp3) is 0.348. The molecule has 0 amide bonds. The summed E-state index contributed by atoms with van der Waals surface area (Å²) in [5.41, 5.74) is 11.9. The van der Waals surface area contributed by atoms with Crippen LogP contribution >= 0.6 is 0 Å². The van der Waals surface area contributed by atoms with Gasteiger partial charge in [-0.25, -0.2) is 4.98 Å². The standard InChI is InChI=1S/C23H24N6O2/c1-13-20(14(2)31-27-13)16-6-7-18-21-22(16)30-12-19(17-5-3-4-9-25-17)29(21)23(26-18)28-10-8-15(24)11-28/h3-7,9,15,19H,8,10-12,24H2,1-2H3/t15-,19+/m0/s1. The van der Waals surface area contributed by atoms with Gasteiger partial charge in [-0.05, 0) is 44.5 Å². The molecule has 0 radical (unpaired) electrons. The highest BCUT2D eigenvalue weighted by Crippen LogP contribution is 2.45. The van der Waals surface area contributed by atoms with Gasteiger partial charge in [-0.15, -0.1) is 0 Å². The zero-order valence-corrected chi connectivity index (χ0v) is 17.6. The Morgan fingerprint density at radius 1 is 1.16 bits per heavy atom. The summed E-state index contributed by atoms with van der Waals surface area (Å²) in [7, 11) is 0. The minimum Gasteiger partial charge on any atom is -0.488 e. The van der Waals surface area contributed by atoms with Crippen LogP contribution in [0.5, 0.6) is 5.75 Å². The number of benzene rings is 1. The van der Waals surface area contributed by atoms with Crippen molar-refractivity contribution in [3.63, 3.8) is 0 Å². The van der Waals surface area contributed by atoms with E-state index in [0.717, 1.165) is 70.5 Å².